The molecule has 1 aromatic rings. The van der Waals surface area contributed by atoms with Crippen molar-refractivity contribution in [2.75, 3.05) is 42.2 Å². The SMILES string of the molecule is CN(CC1CC(O)C1)c1nc(N)nc(N2CCCC2)n1. The minimum atomic E-state index is -0.128. The highest BCUT2D eigenvalue weighted by Gasteiger charge is 2.29. The third-order valence-electron chi connectivity index (χ3n) is 4.10. The molecule has 2 aliphatic rings. The number of aliphatic hydroxyl groups is 1. The van der Waals surface area contributed by atoms with E-state index in [1.54, 1.807) is 0 Å². The first kappa shape index (κ1) is 13.4. The molecule has 1 saturated heterocycles. The maximum absolute atomic E-state index is 9.35. The topological polar surface area (TPSA) is 91.4 Å². The second-order valence-electron chi connectivity index (χ2n) is 5.86. The Balaban J connectivity index is 1.71. The lowest BCUT2D eigenvalue weighted by Gasteiger charge is -2.34. The normalized spacial score (nSPS) is 25.6. The summed E-state index contributed by atoms with van der Waals surface area (Å²) in [6, 6.07) is 0. The Hall–Kier alpha value is -1.63. The van der Waals surface area contributed by atoms with Gasteiger partial charge in [0.15, 0.2) is 0 Å². The summed E-state index contributed by atoms with van der Waals surface area (Å²) in [5.41, 5.74) is 5.81. The molecule has 1 aromatic heterocycles. The average Bonchev–Trinajstić information content (AvgIpc) is 2.90. The van der Waals surface area contributed by atoms with Crippen molar-refractivity contribution in [1.82, 2.24) is 15.0 Å². The number of hydrogen-bond acceptors (Lipinski definition) is 7. The molecule has 0 unspecified atom stereocenters. The van der Waals surface area contributed by atoms with Crippen molar-refractivity contribution in [3.05, 3.63) is 0 Å². The van der Waals surface area contributed by atoms with Crippen LogP contribution in [0.15, 0.2) is 0 Å². The van der Waals surface area contributed by atoms with Crippen LogP contribution in [0.4, 0.5) is 17.8 Å². The van der Waals surface area contributed by atoms with Crippen molar-refractivity contribution < 1.29 is 5.11 Å². The lowest BCUT2D eigenvalue weighted by atomic mass is 9.82. The van der Waals surface area contributed by atoms with Crippen LogP contribution in [0.3, 0.4) is 0 Å². The summed E-state index contributed by atoms with van der Waals surface area (Å²) in [5.74, 6) is 2.10. The lowest BCUT2D eigenvalue weighted by Crippen LogP contribution is -2.38. The van der Waals surface area contributed by atoms with E-state index in [1.165, 1.54) is 12.8 Å². The van der Waals surface area contributed by atoms with Gasteiger partial charge in [0.05, 0.1) is 6.10 Å². The molecule has 1 saturated carbocycles. The largest absolute Gasteiger partial charge is 0.393 e. The quantitative estimate of drug-likeness (QED) is 0.816. The van der Waals surface area contributed by atoms with Crippen molar-refractivity contribution in [2.45, 2.75) is 31.8 Å². The molecule has 7 heteroatoms. The maximum Gasteiger partial charge on any atom is 0.231 e. The summed E-state index contributed by atoms with van der Waals surface area (Å²) < 4.78 is 0. The molecular formula is C13H22N6O. The summed E-state index contributed by atoms with van der Waals surface area (Å²) in [6.45, 7) is 2.82. The van der Waals surface area contributed by atoms with Gasteiger partial charge in [0.1, 0.15) is 0 Å². The van der Waals surface area contributed by atoms with E-state index in [4.69, 9.17) is 5.73 Å². The Labute approximate surface area is 118 Å². The Bertz CT molecular complexity index is 470. The van der Waals surface area contributed by atoms with E-state index in [1.807, 2.05) is 11.9 Å². The molecule has 0 atom stereocenters. The van der Waals surface area contributed by atoms with Gasteiger partial charge in [-0.2, -0.15) is 15.0 Å². The van der Waals surface area contributed by atoms with Crippen LogP contribution in [0.25, 0.3) is 0 Å². The minimum absolute atomic E-state index is 0.128. The number of nitrogens with zero attached hydrogens (tertiary/aromatic N) is 5. The van der Waals surface area contributed by atoms with E-state index in [9.17, 15) is 5.11 Å². The molecule has 0 spiro atoms. The van der Waals surface area contributed by atoms with Crippen LogP contribution in [0.5, 0.6) is 0 Å². The predicted octanol–water partition coefficient (Wildman–Crippen LogP) is 0.261. The van der Waals surface area contributed by atoms with Gasteiger partial charge in [0.2, 0.25) is 17.8 Å². The van der Waals surface area contributed by atoms with Crippen LogP contribution in [0.2, 0.25) is 0 Å². The van der Waals surface area contributed by atoms with Gasteiger partial charge in [-0.3, -0.25) is 0 Å². The van der Waals surface area contributed by atoms with Gasteiger partial charge in [-0.1, -0.05) is 0 Å². The van der Waals surface area contributed by atoms with Gasteiger partial charge in [-0.05, 0) is 31.6 Å². The zero-order chi connectivity index (χ0) is 14.1. The Morgan fingerprint density at radius 2 is 1.95 bits per heavy atom. The maximum atomic E-state index is 9.35. The van der Waals surface area contributed by atoms with Crippen LogP contribution in [0.1, 0.15) is 25.7 Å². The van der Waals surface area contributed by atoms with E-state index in [0.29, 0.717) is 17.8 Å². The molecule has 3 rings (SSSR count). The van der Waals surface area contributed by atoms with Gasteiger partial charge in [0, 0.05) is 26.7 Å². The first-order valence-corrected chi connectivity index (χ1v) is 7.27. The van der Waals surface area contributed by atoms with Crippen LogP contribution < -0.4 is 15.5 Å². The van der Waals surface area contributed by atoms with Crippen molar-refractivity contribution in [2.24, 2.45) is 5.92 Å². The standard InChI is InChI=1S/C13H22N6O/c1-18(8-9-6-10(20)7-9)12-15-11(14)16-13(17-12)19-4-2-3-5-19/h9-10,20H,2-8H2,1H3,(H2,14,15,16,17). The number of aromatic nitrogens is 3. The number of nitrogen functional groups attached to an aromatic ring is 1. The van der Waals surface area contributed by atoms with Gasteiger partial charge in [-0.15, -0.1) is 0 Å². The first-order valence-electron chi connectivity index (χ1n) is 7.27. The van der Waals surface area contributed by atoms with E-state index >= 15 is 0 Å². The van der Waals surface area contributed by atoms with Crippen molar-refractivity contribution >= 4 is 17.8 Å². The molecule has 2 heterocycles. The zero-order valence-electron chi connectivity index (χ0n) is 11.9. The highest BCUT2D eigenvalue weighted by Crippen LogP contribution is 2.28. The monoisotopic (exact) mass is 278 g/mol. The highest BCUT2D eigenvalue weighted by molar-refractivity contribution is 5.43. The zero-order valence-corrected chi connectivity index (χ0v) is 11.9. The summed E-state index contributed by atoms with van der Waals surface area (Å²) >= 11 is 0. The van der Waals surface area contributed by atoms with Gasteiger partial charge < -0.3 is 20.6 Å². The highest BCUT2D eigenvalue weighted by atomic mass is 16.3. The molecule has 0 aromatic carbocycles. The van der Waals surface area contributed by atoms with Crippen LogP contribution in [-0.2, 0) is 0 Å². The number of aliphatic hydroxyl groups excluding tert-OH is 1. The Morgan fingerprint density at radius 3 is 2.60 bits per heavy atom. The van der Waals surface area contributed by atoms with Crippen LogP contribution in [0, 0.1) is 5.92 Å². The lowest BCUT2D eigenvalue weighted by molar-refractivity contribution is 0.0463. The number of anilines is 3. The Morgan fingerprint density at radius 1 is 1.25 bits per heavy atom. The average molecular weight is 278 g/mol. The smallest absolute Gasteiger partial charge is 0.231 e. The number of hydrogen-bond donors (Lipinski definition) is 2. The molecule has 3 N–H and O–H groups in total. The van der Waals surface area contributed by atoms with E-state index in [0.717, 1.165) is 32.5 Å². The molecule has 1 aliphatic carbocycles. The molecule has 2 fully saturated rings. The van der Waals surface area contributed by atoms with Crippen molar-refractivity contribution in [3.8, 4) is 0 Å². The van der Waals surface area contributed by atoms with Gasteiger partial charge in [0.25, 0.3) is 0 Å². The van der Waals surface area contributed by atoms with Crippen molar-refractivity contribution in [3.63, 3.8) is 0 Å². The summed E-state index contributed by atoms with van der Waals surface area (Å²) in [7, 11) is 1.97. The van der Waals surface area contributed by atoms with E-state index in [2.05, 4.69) is 19.9 Å². The first-order chi connectivity index (χ1) is 9.61. The van der Waals surface area contributed by atoms with Gasteiger partial charge in [-0.25, -0.2) is 0 Å². The minimum Gasteiger partial charge on any atom is -0.393 e. The molecule has 110 valence electrons. The third kappa shape index (κ3) is 2.77. The molecule has 0 amide bonds. The molecule has 20 heavy (non-hydrogen) atoms. The number of rotatable bonds is 4. The summed E-state index contributed by atoms with van der Waals surface area (Å²) in [5, 5.41) is 9.35. The van der Waals surface area contributed by atoms with E-state index in [-0.39, 0.29) is 12.1 Å². The molecule has 7 nitrogen and oxygen atoms in total. The summed E-state index contributed by atoms with van der Waals surface area (Å²) in [6.07, 6.45) is 3.96. The van der Waals surface area contributed by atoms with E-state index < -0.39 is 0 Å². The second kappa shape index (κ2) is 5.40. The van der Waals surface area contributed by atoms with Crippen molar-refractivity contribution in [1.29, 1.82) is 0 Å². The summed E-state index contributed by atoms with van der Waals surface area (Å²) in [4.78, 5) is 17.2. The van der Waals surface area contributed by atoms with Gasteiger partial charge >= 0.3 is 0 Å². The van der Waals surface area contributed by atoms with Crippen LogP contribution >= 0.6 is 0 Å². The fraction of sp³-hybridized carbons (Fsp3) is 0.769. The number of nitrogens with two attached hydrogens (primary N) is 1. The van der Waals surface area contributed by atoms with Crippen LogP contribution in [-0.4, -0.2) is 52.8 Å². The fourth-order valence-electron chi connectivity index (χ4n) is 2.92. The predicted molar refractivity (Wildman–Crippen MR) is 77.7 cm³/mol. The molecule has 0 bridgehead atoms. The molecule has 0 radical (unpaired) electrons. The molecule has 1 aliphatic heterocycles. The third-order valence-corrected chi connectivity index (χ3v) is 4.10. The fourth-order valence-corrected chi connectivity index (χ4v) is 2.92. The second-order valence-corrected chi connectivity index (χ2v) is 5.86. The Kier molecular flexibility index (Phi) is 3.60. The molecular weight excluding hydrogens is 256 g/mol.